The summed E-state index contributed by atoms with van der Waals surface area (Å²) >= 11 is 0. The van der Waals surface area contributed by atoms with E-state index >= 15 is 0 Å². The van der Waals surface area contributed by atoms with Crippen LogP contribution in [0.2, 0.25) is 0 Å². The Hall–Kier alpha value is -3.17. The van der Waals surface area contributed by atoms with Crippen LogP contribution in [0, 0.1) is 22.7 Å². The molecule has 0 aliphatic carbocycles. The van der Waals surface area contributed by atoms with Crippen LogP contribution in [0.15, 0.2) is 18.3 Å². The van der Waals surface area contributed by atoms with Crippen LogP contribution in [0.3, 0.4) is 0 Å². The quantitative estimate of drug-likeness (QED) is 0.679. The molecule has 1 unspecified atom stereocenters. The predicted octanol–water partition coefficient (Wildman–Crippen LogP) is 0.0962. The molecule has 152 valence electrons. The molecule has 2 aliphatic heterocycles. The summed E-state index contributed by atoms with van der Waals surface area (Å²) in [5, 5.41) is 20.9. The highest BCUT2D eigenvalue weighted by Crippen LogP contribution is 2.16. The summed E-state index contributed by atoms with van der Waals surface area (Å²) < 4.78 is 0. The molecule has 0 aromatic carbocycles. The van der Waals surface area contributed by atoms with E-state index in [9.17, 15) is 9.59 Å². The van der Waals surface area contributed by atoms with E-state index in [1.165, 1.54) is 0 Å². The molecular formula is C20H25N7O2. The molecule has 3 rings (SSSR count). The number of carbonyl (C=O) groups excluding carboxylic acids is 2. The molecule has 9 heteroatoms. The third-order valence-corrected chi connectivity index (χ3v) is 5.35. The Morgan fingerprint density at radius 3 is 2.59 bits per heavy atom. The smallest absolute Gasteiger partial charge is 0.237 e. The molecule has 1 aromatic heterocycles. The van der Waals surface area contributed by atoms with Crippen molar-refractivity contribution in [3.63, 3.8) is 0 Å². The fraction of sp³-hybridized carbons (Fsp3) is 0.550. The molecule has 0 radical (unpaired) electrons. The van der Waals surface area contributed by atoms with E-state index in [-0.39, 0.29) is 24.4 Å². The molecule has 1 N–H and O–H groups in total. The molecule has 9 nitrogen and oxygen atoms in total. The third kappa shape index (κ3) is 5.21. The van der Waals surface area contributed by atoms with Crippen molar-refractivity contribution in [1.82, 2.24) is 20.1 Å². The largest absolute Gasteiger partial charge is 0.353 e. The molecule has 2 fully saturated rings. The van der Waals surface area contributed by atoms with Crippen molar-refractivity contribution in [1.29, 1.82) is 10.5 Å². The molecule has 2 amide bonds. The number of pyridine rings is 1. The standard InChI is InChI=1S/C20H25N7O2/c21-12-16-3-4-18(24-14-16)25-8-10-26(11-9-25)19(28)5-6-23-15-20(29)27-7-1-2-17(27)13-22/h3-4,14,17,23H,1-2,5-11,15H2. The number of hydrogen-bond donors (Lipinski definition) is 1. The molecular weight excluding hydrogens is 370 g/mol. The average molecular weight is 395 g/mol. The lowest BCUT2D eigenvalue weighted by atomic mass is 10.2. The van der Waals surface area contributed by atoms with Crippen LogP contribution in [0.4, 0.5) is 5.82 Å². The first-order valence-electron chi connectivity index (χ1n) is 9.91. The Kier molecular flexibility index (Phi) is 6.99. The number of carbonyl (C=O) groups is 2. The van der Waals surface area contributed by atoms with E-state index in [0.29, 0.717) is 51.3 Å². The van der Waals surface area contributed by atoms with Crippen molar-refractivity contribution in [2.45, 2.75) is 25.3 Å². The number of anilines is 1. The second kappa shape index (κ2) is 9.85. The normalized spacial score (nSPS) is 19.0. The number of hydrogen-bond acceptors (Lipinski definition) is 7. The number of nitrogens with zero attached hydrogens (tertiary/aromatic N) is 6. The summed E-state index contributed by atoms with van der Waals surface area (Å²) in [7, 11) is 0. The first kappa shape index (κ1) is 20.6. The van der Waals surface area contributed by atoms with Crippen molar-refractivity contribution >= 4 is 17.6 Å². The number of rotatable bonds is 6. The van der Waals surface area contributed by atoms with Crippen molar-refractivity contribution < 1.29 is 9.59 Å². The van der Waals surface area contributed by atoms with Crippen LogP contribution in [-0.2, 0) is 9.59 Å². The summed E-state index contributed by atoms with van der Waals surface area (Å²) in [6.45, 7) is 3.86. The van der Waals surface area contributed by atoms with Gasteiger partial charge in [0.2, 0.25) is 11.8 Å². The first-order valence-corrected chi connectivity index (χ1v) is 9.91. The molecule has 0 bridgehead atoms. The minimum Gasteiger partial charge on any atom is -0.353 e. The number of aromatic nitrogens is 1. The Balaban J connectivity index is 1.35. The Bertz CT molecular complexity index is 804. The summed E-state index contributed by atoms with van der Waals surface area (Å²) in [4.78, 5) is 34.4. The lowest BCUT2D eigenvalue weighted by Crippen LogP contribution is -2.49. The highest BCUT2D eigenvalue weighted by atomic mass is 16.2. The van der Waals surface area contributed by atoms with Gasteiger partial charge < -0.3 is 20.0 Å². The van der Waals surface area contributed by atoms with E-state index in [1.54, 1.807) is 17.2 Å². The highest BCUT2D eigenvalue weighted by Gasteiger charge is 2.28. The maximum absolute atomic E-state index is 12.4. The molecule has 2 aliphatic rings. The Labute approximate surface area is 170 Å². The van der Waals surface area contributed by atoms with Gasteiger partial charge in [0, 0.05) is 51.9 Å². The zero-order valence-electron chi connectivity index (χ0n) is 16.4. The Morgan fingerprint density at radius 1 is 1.14 bits per heavy atom. The maximum Gasteiger partial charge on any atom is 0.237 e. The third-order valence-electron chi connectivity index (χ3n) is 5.35. The van der Waals surface area contributed by atoms with Gasteiger partial charge in [-0.25, -0.2) is 4.98 Å². The summed E-state index contributed by atoms with van der Waals surface area (Å²) in [5.74, 6) is 0.798. The summed E-state index contributed by atoms with van der Waals surface area (Å²) in [6, 6.07) is 7.47. The average Bonchev–Trinajstić information content (AvgIpc) is 3.25. The molecule has 1 atom stereocenters. The van der Waals surface area contributed by atoms with Crippen LogP contribution < -0.4 is 10.2 Å². The number of likely N-dealkylation sites (tertiary alicyclic amines) is 1. The lowest BCUT2D eigenvalue weighted by molar-refractivity contribution is -0.132. The van der Waals surface area contributed by atoms with E-state index < -0.39 is 0 Å². The van der Waals surface area contributed by atoms with Gasteiger partial charge in [-0.1, -0.05) is 0 Å². The second-order valence-corrected chi connectivity index (χ2v) is 7.19. The van der Waals surface area contributed by atoms with Crippen LogP contribution in [0.1, 0.15) is 24.8 Å². The zero-order valence-corrected chi connectivity index (χ0v) is 16.4. The zero-order chi connectivity index (χ0) is 20.6. The molecule has 3 heterocycles. The number of amides is 2. The fourth-order valence-electron chi connectivity index (χ4n) is 3.67. The molecule has 1 aromatic rings. The number of piperazine rings is 1. The van der Waals surface area contributed by atoms with Gasteiger partial charge in [0.05, 0.1) is 18.2 Å². The van der Waals surface area contributed by atoms with Crippen LogP contribution in [0.25, 0.3) is 0 Å². The van der Waals surface area contributed by atoms with Crippen molar-refractivity contribution in [2.24, 2.45) is 0 Å². The maximum atomic E-state index is 12.4. The van der Waals surface area contributed by atoms with Gasteiger partial charge in [0.15, 0.2) is 0 Å². The van der Waals surface area contributed by atoms with Crippen LogP contribution >= 0.6 is 0 Å². The number of nitrogens with one attached hydrogen (secondary N) is 1. The highest BCUT2D eigenvalue weighted by molar-refractivity contribution is 5.79. The Morgan fingerprint density at radius 2 is 1.93 bits per heavy atom. The predicted molar refractivity (Wildman–Crippen MR) is 106 cm³/mol. The van der Waals surface area contributed by atoms with Crippen LogP contribution in [-0.4, -0.2) is 78.5 Å². The van der Waals surface area contributed by atoms with E-state index in [0.717, 1.165) is 18.7 Å². The lowest BCUT2D eigenvalue weighted by Gasteiger charge is -2.35. The number of nitriles is 2. The molecule has 0 saturated carbocycles. The van der Waals surface area contributed by atoms with Gasteiger partial charge in [-0.3, -0.25) is 9.59 Å². The minimum absolute atomic E-state index is 0.0634. The summed E-state index contributed by atoms with van der Waals surface area (Å²) in [5.41, 5.74) is 0.529. The minimum atomic E-state index is -0.312. The van der Waals surface area contributed by atoms with Crippen molar-refractivity contribution in [3.05, 3.63) is 23.9 Å². The fourth-order valence-corrected chi connectivity index (χ4v) is 3.67. The first-order chi connectivity index (χ1) is 14.1. The van der Waals surface area contributed by atoms with Crippen molar-refractivity contribution in [2.75, 3.05) is 50.7 Å². The van der Waals surface area contributed by atoms with Gasteiger partial charge in [0.1, 0.15) is 17.9 Å². The monoisotopic (exact) mass is 395 g/mol. The topological polar surface area (TPSA) is 116 Å². The van der Waals surface area contributed by atoms with E-state index in [2.05, 4.69) is 27.3 Å². The molecule has 2 saturated heterocycles. The second-order valence-electron chi connectivity index (χ2n) is 7.19. The van der Waals surface area contributed by atoms with Gasteiger partial charge in [-0.05, 0) is 25.0 Å². The van der Waals surface area contributed by atoms with Gasteiger partial charge in [0.25, 0.3) is 0 Å². The summed E-state index contributed by atoms with van der Waals surface area (Å²) in [6.07, 6.45) is 3.50. The SMILES string of the molecule is N#Cc1ccc(N2CCN(C(=O)CCNCC(=O)N3CCCC3C#N)CC2)nc1. The molecule has 29 heavy (non-hydrogen) atoms. The van der Waals surface area contributed by atoms with Gasteiger partial charge in [-0.2, -0.15) is 10.5 Å². The van der Waals surface area contributed by atoms with E-state index in [4.69, 9.17) is 10.5 Å². The van der Waals surface area contributed by atoms with E-state index in [1.807, 2.05) is 11.0 Å². The van der Waals surface area contributed by atoms with Gasteiger partial charge >= 0.3 is 0 Å². The van der Waals surface area contributed by atoms with Crippen molar-refractivity contribution in [3.8, 4) is 12.1 Å². The molecule has 0 spiro atoms. The van der Waals surface area contributed by atoms with Gasteiger partial charge in [-0.15, -0.1) is 0 Å². The van der Waals surface area contributed by atoms with Crippen LogP contribution in [0.5, 0.6) is 0 Å².